The van der Waals surface area contributed by atoms with E-state index < -0.39 is 0 Å². The molecule has 0 fully saturated rings. The van der Waals surface area contributed by atoms with E-state index in [-0.39, 0.29) is 0 Å². The highest BCUT2D eigenvalue weighted by Crippen LogP contribution is 2.13. The standard InChI is InChI=1S/C10H16O/c1-4-6-10(9(2)3)7-5-8-11/h4-6,8-9,11H,1,7H2,2-3H3/b8-5+,10-6+. The molecular formula is C10H16O. The molecule has 11 heavy (non-hydrogen) atoms. The van der Waals surface area contributed by atoms with Crippen LogP contribution in [-0.4, -0.2) is 5.11 Å². The number of allylic oxidation sites excluding steroid dienone is 4. The van der Waals surface area contributed by atoms with Crippen LogP contribution in [0, 0.1) is 5.92 Å². The highest BCUT2D eigenvalue weighted by atomic mass is 16.2. The molecule has 0 atom stereocenters. The van der Waals surface area contributed by atoms with Crippen LogP contribution in [-0.2, 0) is 0 Å². The first-order chi connectivity index (χ1) is 5.22. The number of rotatable bonds is 4. The minimum Gasteiger partial charge on any atom is -0.516 e. The van der Waals surface area contributed by atoms with Crippen molar-refractivity contribution in [3.8, 4) is 0 Å². The van der Waals surface area contributed by atoms with Gasteiger partial charge in [0.15, 0.2) is 0 Å². The summed E-state index contributed by atoms with van der Waals surface area (Å²) in [6.45, 7) is 7.88. The molecule has 0 saturated carbocycles. The lowest BCUT2D eigenvalue weighted by molar-refractivity contribution is 0.471. The molecule has 0 bridgehead atoms. The lowest BCUT2D eigenvalue weighted by atomic mass is 10.00. The summed E-state index contributed by atoms with van der Waals surface area (Å²) in [5.74, 6) is 0.518. The van der Waals surface area contributed by atoms with Crippen LogP contribution < -0.4 is 0 Å². The Kier molecular flexibility index (Phi) is 5.26. The molecule has 0 aliphatic heterocycles. The van der Waals surface area contributed by atoms with Crippen LogP contribution in [0.15, 0.2) is 36.6 Å². The van der Waals surface area contributed by atoms with Gasteiger partial charge in [0.25, 0.3) is 0 Å². The first-order valence-corrected chi connectivity index (χ1v) is 3.83. The molecule has 0 amide bonds. The molecule has 0 unspecified atom stereocenters. The monoisotopic (exact) mass is 152 g/mol. The highest BCUT2D eigenvalue weighted by Gasteiger charge is 1.98. The van der Waals surface area contributed by atoms with Crippen molar-refractivity contribution >= 4 is 0 Å². The SMILES string of the molecule is C=C/C=C(\C/C=C/O)C(C)C. The van der Waals surface area contributed by atoms with Crippen LogP contribution in [0.2, 0.25) is 0 Å². The van der Waals surface area contributed by atoms with Crippen molar-refractivity contribution in [2.45, 2.75) is 20.3 Å². The lowest BCUT2D eigenvalue weighted by Crippen LogP contribution is -1.91. The highest BCUT2D eigenvalue weighted by molar-refractivity contribution is 5.15. The fraction of sp³-hybridized carbons (Fsp3) is 0.400. The fourth-order valence-corrected chi connectivity index (χ4v) is 0.836. The van der Waals surface area contributed by atoms with Crippen LogP contribution in [0.5, 0.6) is 0 Å². The van der Waals surface area contributed by atoms with E-state index >= 15 is 0 Å². The van der Waals surface area contributed by atoms with Gasteiger partial charge in [-0.3, -0.25) is 0 Å². The fourth-order valence-electron chi connectivity index (χ4n) is 0.836. The number of hydrogen-bond acceptors (Lipinski definition) is 1. The van der Waals surface area contributed by atoms with Gasteiger partial charge in [-0.2, -0.15) is 0 Å². The van der Waals surface area contributed by atoms with Crippen molar-refractivity contribution in [2.75, 3.05) is 0 Å². The van der Waals surface area contributed by atoms with E-state index in [4.69, 9.17) is 5.11 Å². The average Bonchev–Trinajstić information content (AvgIpc) is 1.97. The van der Waals surface area contributed by atoms with Crippen molar-refractivity contribution in [1.82, 2.24) is 0 Å². The number of hydrogen-bond donors (Lipinski definition) is 1. The summed E-state index contributed by atoms with van der Waals surface area (Å²) in [7, 11) is 0. The van der Waals surface area contributed by atoms with Crippen molar-refractivity contribution in [3.63, 3.8) is 0 Å². The molecule has 0 radical (unpaired) electrons. The van der Waals surface area contributed by atoms with Crippen LogP contribution in [0.3, 0.4) is 0 Å². The van der Waals surface area contributed by atoms with Gasteiger partial charge in [0.1, 0.15) is 0 Å². The molecule has 0 aromatic carbocycles. The molecule has 0 heterocycles. The molecule has 0 aliphatic carbocycles. The second kappa shape index (κ2) is 5.78. The summed E-state index contributed by atoms with van der Waals surface area (Å²) in [5, 5.41) is 8.43. The topological polar surface area (TPSA) is 20.2 Å². The Morgan fingerprint density at radius 1 is 1.55 bits per heavy atom. The molecule has 0 spiro atoms. The number of aliphatic hydroxyl groups is 1. The Morgan fingerprint density at radius 2 is 2.18 bits per heavy atom. The molecule has 0 rings (SSSR count). The van der Waals surface area contributed by atoms with Gasteiger partial charge in [-0.25, -0.2) is 0 Å². The van der Waals surface area contributed by atoms with E-state index in [1.807, 2.05) is 6.08 Å². The summed E-state index contributed by atoms with van der Waals surface area (Å²) in [6.07, 6.45) is 7.39. The first kappa shape index (κ1) is 10.0. The van der Waals surface area contributed by atoms with Gasteiger partial charge in [-0.1, -0.05) is 38.2 Å². The zero-order valence-electron chi connectivity index (χ0n) is 7.25. The van der Waals surface area contributed by atoms with Gasteiger partial charge in [0.05, 0.1) is 6.26 Å². The van der Waals surface area contributed by atoms with Gasteiger partial charge in [0.2, 0.25) is 0 Å². The van der Waals surface area contributed by atoms with Gasteiger partial charge in [-0.05, 0) is 18.4 Å². The van der Waals surface area contributed by atoms with Crippen molar-refractivity contribution in [3.05, 3.63) is 36.6 Å². The first-order valence-electron chi connectivity index (χ1n) is 3.83. The Labute approximate surface area is 68.7 Å². The molecule has 1 nitrogen and oxygen atoms in total. The van der Waals surface area contributed by atoms with Crippen molar-refractivity contribution in [2.24, 2.45) is 5.92 Å². The van der Waals surface area contributed by atoms with Crippen LogP contribution >= 0.6 is 0 Å². The number of aliphatic hydroxyl groups excluding tert-OH is 1. The third kappa shape index (κ3) is 4.43. The third-order valence-electron chi connectivity index (χ3n) is 1.53. The average molecular weight is 152 g/mol. The van der Waals surface area contributed by atoms with E-state index in [0.717, 1.165) is 12.7 Å². The zero-order chi connectivity index (χ0) is 8.69. The molecule has 0 saturated heterocycles. The van der Waals surface area contributed by atoms with Gasteiger partial charge in [0, 0.05) is 0 Å². The van der Waals surface area contributed by atoms with Crippen LogP contribution in [0.1, 0.15) is 20.3 Å². The Hall–Kier alpha value is -0.980. The van der Waals surface area contributed by atoms with E-state index in [0.29, 0.717) is 5.92 Å². The molecular weight excluding hydrogens is 136 g/mol. The minimum atomic E-state index is 0.518. The van der Waals surface area contributed by atoms with Crippen LogP contribution in [0.25, 0.3) is 0 Å². The lowest BCUT2D eigenvalue weighted by Gasteiger charge is -2.06. The molecule has 62 valence electrons. The van der Waals surface area contributed by atoms with Gasteiger partial charge in [-0.15, -0.1) is 0 Å². The van der Waals surface area contributed by atoms with E-state index in [1.165, 1.54) is 5.57 Å². The summed E-state index contributed by atoms with van der Waals surface area (Å²) in [5.41, 5.74) is 1.28. The Bertz CT molecular complexity index is 164. The molecule has 0 aliphatic rings. The molecule has 0 aromatic heterocycles. The summed E-state index contributed by atoms with van der Waals surface area (Å²) in [4.78, 5) is 0. The predicted octanol–water partition coefficient (Wildman–Crippen LogP) is 3.22. The maximum atomic E-state index is 8.43. The van der Waals surface area contributed by atoms with Gasteiger partial charge < -0.3 is 5.11 Å². The normalized spacial score (nSPS) is 12.8. The summed E-state index contributed by atoms with van der Waals surface area (Å²) >= 11 is 0. The maximum absolute atomic E-state index is 8.43. The van der Waals surface area contributed by atoms with E-state index in [2.05, 4.69) is 20.4 Å². The third-order valence-corrected chi connectivity index (χ3v) is 1.53. The predicted molar refractivity (Wildman–Crippen MR) is 49.5 cm³/mol. The van der Waals surface area contributed by atoms with Crippen molar-refractivity contribution in [1.29, 1.82) is 0 Å². The Balaban J connectivity index is 4.11. The smallest absolute Gasteiger partial charge is 0.0755 e. The molecule has 1 heteroatoms. The molecule has 0 aromatic rings. The minimum absolute atomic E-state index is 0.518. The largest absolute Gasteiger partial charge is 0.516 e. The zero-order valence-corrected chi connectivity index (χ0v) is 7.25. The van der Waals surface area contributed by atoms with Crippen molar-refractivity contribution < 1.29 is 5.11 Å². The molecule has 1 N–H and O–H groups in total. The summed E-state index contributed by atoms with van der Waals surface area (Å²) < 4.78 is 0. The Morgan fingerprint density at radius 3 is 2.55 bits per heavy atom. The van der Waals surface area contributed by atoms with Gasteiger partial charge >= 0.3 is 0 Å². The van der Waals surface area contributed by atoms with Crippen LogP contribution in [0.4, 0.5) is 0 Å². The second-order valence-electron chi connectivity index (χ2n) is 2.72. The van der Waals surface area contributed by atoms with E-state index in [1.54, 1.807) is 12.2 Å². The maximum Gasteiger partial charge on any atom is 0.0755 e. The quantitative estimate of drug-likeness (QED) is 0.484. The second-order valence-corrected chi connectivity index (χ2v) is 2.72. The summed E-state index contributed by atoms with van der Waals surface area (Å²) in [6, 6.07) is 0. The van der Waals surface area contributed by atoms with E-state index in [9.17, 15) is 0 Å².